The second-order valence-electron chi connectivity index (χ2n) is 12.0. The van der Waals surface area contributed by atoms with Crippen molar-refractivity contribution >= 4 is 16.0 Å². The Balaban J connectivity index is 4.21. The zero-order valence-corrected chi connectivity index (χ0v) is 28.3. The van der Waals surface area contributed by atoms with Crippen molar-refractivity contribution in [3.63, 3.8) is 0 Å². The molecule has 0 radical (unpaired) electrons. The monoisotopic (exact) mass is 627 g/mol. The van der Waals surface area contributed by atoms with Gasteiger partial charge in [-0.25, -0.2) is 0 Å². The summed E-state index contributed by atoms with van der Waals surface area (Å²) in [5.41, 5.74) is 0. The number of rotatable bonds is 30. The van der Waals surface area contributed by atoms with Crippen molar-refractivity contribution in [2.45, 2.75) is 173 Å². The average molecular weight is 628 g/mol. The van der Waals surface area contributed by atoms with Crippen LogP contribution in [0, 0.1) is 0 Å². The van der Waals surface area contributed by atoms with Crippen LogP contribution in [-0.4, -0.2) is 53.1 Å². The zero-order valence-electron chi connectivity index (χ0n) is 27.4. The van der Waals surface area contributed by atoms with E-state index in [9.17, 15) is 28.0 Å². The molecule has 0 bridgehead atoms. The highest BCUT2D eigenvalue weighted by atomic mass is 32.2. The molecule has 0 aliphatic carbocycles. The molecule has 0 aliphatic rings. The quantitative estimate of drug-likeness (QED) is 0.0275. The Morgan fingerprint density at radius 3 is 1.58 bits per heavy atom. The standard InChI is InChI=1S/C35H65NO6S/c1-3-5-7-9-11-13-15-17-18-20-22-24-26-28-30-34(38)35(39)36-32(31-43(40,41)42)33(37)29-27-25-23-21-19-16-14-12-10-8-6-4-2/h11,13,15,17,27,29,32-34,37-38H,3-10,12,14,16,18-26,28,30-31H2,1-2H3,(H,36,39)(H,40,41,42)/b13-11-,17-15-,29-27+. The van der Waals surface area contributed by atoms with Crippen LogP contribution in [-0.2, 0) is 14.9 Å². The Bertz CT molecular complexity index is 839. The summed E-state index contributed by atoms with van der Waals surface area (Å²) >= 11 is 0. The third-order valence-electron chi connectivity index (χ3n) is 7.70. The van der Waals surface area contributed by atoms with Crippen LogP contribution in [0.4, 0.5) is 0 Å². The molecule has 0 aromatic carbocycles. The maximum atomic E-state index is 12.5. The fourth-order valence-electron chi connectivity index (χ4n) is 4.97. The topological polar surface area (TPSA) is 124 Å². The second-order valence-corrected chi connectivity index (χ2v) is 13.5. The molecule has 0 spiro atoms. The molecule has 1 amide bonds. The van der Waals surface area contributed by atoms with Gasteiger partial charge in [-0.05, 0) is 44.9 Å². The molecule has 43 heavy (non-hydrogen) atoms. The summed E-state index contributed by atoms with van der Waals surface area (Å²) in [6, 6.07) is -1.24. The van der Waals surface area contributed by atoms with E-state index in [1.54, 1.807) is 6.08 Å². The summed E-state index contributed by atoms with van der Waals surface area (Å²) in [6.45, 7) is 4.43. The minimum Gasteiger partial charge on any atom is -0.387 e. The van der Waals surface area contributed by atoms with Gasteiger partial charge >= 0.3 is 0 Å². The van der Waals surface area contributed by atoms with Crippen molar-refractivity contribution in [1.82, 2.24) is 5.32 Å². The Kier molecular flexibility index (Phi) is 28.2. The number of carbonyl (C=O) groups is 1. The number of allylic oxidation sites excluding steroid dienone is 5. The summed E-state index contributed by atoms with van der Waals surface area (Å²) in [5, 5.41) is 23.2. The zero-order chi connectivity index (χ0) is 32.0. The summed E-state index contributed by atoms with van der Waals surface area (Å²) in [4.78, 5) is 12.5. The van der Waals surface area contributed by atoms with Gasteiger partial charge < -0.3 is 15.5 Å². The van der Waals surface area contributed by atoms with Crippen LogP contribution in [0.25, 0.3) is 0 Å². The first-order valence-electron chi connectivity index (χ1n) is 17.3. The van der Waals surface area contributed by atoms with Crippen molar-refractivity contribution in [2.24, 2.45) is 0 Å². The fraction of sp³-hybridized carbons (Fsp3) is 0.800. The lowest BCUT2D eigenvalue weighted by molar-refractivity contribution is -0.130. The molecule has 4 N–H and O–H groups in total. The van der Waals surface area contributed by atoms with Crippen LogP contribution >= 0.6 is 0 Å². The molecule has 8 heteroatoms. The van der Waals surface area contributed by atoms with Crippen LogP contribution in [0.3, 0.4) is 0 Å². The summed E-state index contributed by atoms with van der Waals surface area (Å²) in [5.74, 6) is -1.55. The fourth-order valence-corrected chi connectivity index (χ4v) is 5.71. The molecule has 0 saturated carbocycles. The average Bonchev–Trinajstić information content (AvgIpc) is 2.96. The van der Waals surface area contributed by atoms with E-state index < -0.39 is 40.0 Å². The number of carbonyl (C=O) groups excluding carboxylic acids is 1. The van der Waals surface area contributed by atoms with Gasteiger partial charge in [0.05, 0.1) is 17.9 Å². The molecule has 0 rings (SSSR count). The Labute approximate surface area is 264 Å². The van der Waals surface area contributed by atoms with Crippen molar-refractivity contribution in [3.05, 3.63) is 36.5 Å². The van der Waals surface area contributed by atoms with E-state index in [0.717, 1.165) is 57.8 Å². The lowest BCUT2D eigenvalue weighted by Crippen LogP contribution is -2.50. The van der Waals surface area contributed by atoms with Crippen LogP contribution in [0.1, 0.15) is 155 Å². The van der Waals surface area contributed by atoms with Gasteiger partial charge in [0.15, 0.2) is 0 Å². The normalized spacial score (nSPS) is 14.6. The third-order valence-corrected chi connectivity index (χ3v) is 8.48. The Hall–Kier alpha value is -1.48. The molecule has 252 valence electrons. The third kappa shape index (κ3) is 29.0. The first-order valence-corrected chi connectivity index (χ1v) is 18.9. The summed E-state index contributed by atoms with van der Waals surface area (Å²) in [7, 11) is -4.44. The van der Waals surface area contributed by atoms with Crippen molar-refractivity contribution in [1.29, 1.82) is 0 Å². The molecule has 3 atom stereocenters. The molecule has 3 unspecified atom stereocenters. The molecule has 0 aliphatic heterocycles. The number of hydrogen-bond acceptors (Lipinski definition) is 5. The van der Waals surface area contributed by atoms with Gasteiger partial charge in [0.1, 0.15) is 6.10 Å². The van der Waals surface area contributed by atoms with Gasteiger partial charge in [0, 0.05) is 0 Å². The molecule has 0 fully saturated rings. The van der Waals surface area contributed by atoms with E-state index in [-0.39, 0.29) is 6.42 Å². The van der Waals surface area contributed by atoms with Gasteiger partial charge in [0.2, 0.25) is 5.91 Å². The highest BCUT2D eigenvalue weighted by Gasteiger charge is 2.27. The first-order chi connectivity index (χ1) is 20.7. The Morgan fingerprint density at radius 2 is 1.07 bits per heavy atom. The van der Waals surface area contributed by atoms with Gasteiger partial charge in [-0.1, -0.05) is 147 Å². The van der Waals surface area contributed by atoms with Crippen LogP contribution in [0.2, 0.25) is 0 Å². The molecular weight excluding hydrogens is 562 g/mol. The van der Waals surface area contributed by atoms with E-state index in [4.69, 9.17) is 0 Å². The number of aliphatic hydroxyl groups is 2. The van der Waals surface area contributed by atoms with E-state index in [2.05, 4.69) is 43.5 Å². The molecule has 0 saturated heterocycles. The number of nitrogens with one attached hydrogen (secondary N) is 1. The minimum atomic E-state index is -4.44. The molecule has 0 aromatic heterocycles. The first kappa shape index (κ1) is 41.5. The highest BCUT2D eigenvalue weighted by molar-refractivity contribution is 7.85. The van der Waals surface area contributed by atoms with Gasteiger partial charge in [-0.3, -0.25) is 9.35 Å². The molecule has 0 aromatic rings. The maximum absolute atomic E-state index is 12.5. The van der Waals surface area contributed by atoms with Crippen molar-refractivity contribution in [2.75, 3.05) is 5.75 Å². The lowest BCUT2D eigenvalue weighted by Gasteiger charge is -2.22. The Morgan fingerprint density at radius 1 is 0.651 bits per heavy atom. The van der Waals surface area contributed by atoms with Crippen LogP contribution in [0.15, 0.2) is 36.5 Å². The van der Waals surface area contributed by atoms with Crippen LogP contribution < -0.4 is 5.32 Å². The van der Waals surface area contributed by atoms with Crippen molar-refractivity contribution < 1.29 is 28.0 Å². The number of hydrogen-bond donors (Lipinski definition) is 4. The van der Waals surface area contributed by atoms with Crippen LogP contribution in [0.5, 0.6) is 0 Å². The maximum Gasteiger partial charge on any atom is 0.267 e. The summed E-state index contributed by atoms with van der Waals surface area (Å²) in [6.07, 6.45) is 33.4. The van der Waals surface area contributed by atoms with Gasteiger partial charge in [-0.15, -0.1) is 0 Å². The minimum absolute atomic E-state index is 0.262. The van der Waals surface area contributed by atoms with Gasteiger partial charge in [0.25, 0.3) is 10.1 Å². The molecular formula is C35H65NO6S. The van der Waals surface area contributed by atoms with E-state index in [0.29, 0.717) is 6.42 Å². The lowest BCUT2D eigenvalue weighted by atomic mass is 10.0. The summed E-state index contributed by atoms with van der Waals surface area (Å²) < 4.78 is 32.3. The number of unbranched alkanes of at least 4 members (excludes halogenated alkanes) is 18. The molecule has 0 heterocycles. The number of amides is 1. The largest absolute Gasteiger partial charge is 0.387 e. The van der Waals surface area contributed by atoms with Crippen molar-refractivity contribution in [3.8, 4) is 0 Å². The van der Waals surface area contributed by atoms with E-state index in [1.807, 2.05) is 0 Å². The van der Waals surface area contributed by atoms with E-state index >= 15 is 0 Å². The molecule has 7 nitrogen and oxygen atoms in total. The predicted molar refractivity (Wildman–Crippen MR) is 181 cm³/mol. The highest BCUT2D eigenvalue weighted by Crippen LogP contribution is 2.13. The SMILES string of the molecule is CCCCC/C=C\C=C/CCCCCCCC(O)C(=O)NC(CS(=O)(=O)O)C(O)/C=C/CCCCCCCCCCCC. The van der Waals surface area contributed by atoms with E-state index in [1.165, 1.54) is 76.7 Å². The number of aliphatic hydroxyl groups excluding tert-OH is 2. The van der Waals surface area contributed by atoms with Gasteiger partial charge in [-0.2, -0.15) is 8.42 Å². The second kappa shape index (κ2) is 29.2. The smallest absolute Gasteiger partial charge is 0.267 e. The predicted octanol–water partition coefficient (Wildman–Crippen LogP) is 8.37.